The monoisotopic (exact) mass is 148 g/mol. The lowest BCUT2D eigenvalue weighted by Crippen LogP contribution is -1.64. The largest absolute Gasteiger partial charge is 0.111 e. The molecule has 0 saturated heterocycles. The minimum absolute atomic E-state index is 1.03. The molecule has 0 N–H and O–H groups in total. The Morgan fingerprint density at radius 1 is 1.50 bits per heavy atom. The number of thiol groups is 1. The molecule has 0 unspecified atom stereocenters. The van der Waals surface area contributed by atoms with E-state index in [4.69, 9.17) is 0 Å². The van der Waals surface area contributed by atoms with Crippen molar-refractivity contribution in [2.75, 3.05) is 5.75 Å². The summed E-state index contributed by atoms with van der Waals surface area (Å²) < 4.78 is 0. The third-order valence-electron chi connectivity index (χ3n) is 0.793. The van der Waals surface area contributed by atoms with Crippen LogP contribution in [0.5, 0.6) is 0 Å². The molecule has 0 aromatic rings. The minimum Gasteiger partial charge on any atom is -0.111 e. The Kier molecular flexibility index (Phi) is 7.85. The quantitative estimate of drug-likeness (QED) is 0.363. The summed E-state index contributed by atoms with van der Waals surface area (Å²) in [6.07, 6.45) is 6.80. The number of hydrogen-bond acceptors (Lipinski definition) is 2. The average molecular weight is 148 g/mol. The molecule has 0 aromatic carbocycles. The van der Waals surface area contributed by atoms with Crippen LogP contribution in [0.25, 0.3) is 0 Å². The zero-order chi connectivity index (χ0) is 6.24. The summed E-state index contributed by atoms with van der Waals surface area (Å²) in [7, 11) is 1.56. The van der Waals surface area contributed by atoms with Crippen LogP contribution in [-0.2, 0) is 0 Å². The molecule has 0 saturated carbocycles. The van der Waals surface area contributed by atoms with Gasteiger partial charge in [0.2, 0.25) is 0 Å². The first-order chi connectivity index (χ1) is 3.91. The summed E-state index contributed by atoms with van der Waals surface area (Å²) in [6.45, 7) is 2.18. The molecule has 8 heavy (non-hydrogen) atoms. The van der Waals surface area contributed by atoms with Gasteiger partial charge in [-0.3, -0.25) is 0 Å². The lowest BCUT2D eigenvalue weighted by Gasteiger charge is -1.82. The molecule has 0 spiro atoms. The Hall–Kier alpha value is 0.440. The minimum atomic E-state index is 1.03. The first-order valence-corrected chi connectivity index (χ1v) is 4.87. The van der Waals surface area contributed by atoms with Crippen molar-refractivity contribution >= 4 is 22.5 Å². The summed E-state index contributed by atoms with van der Waals surface area (Å²) in [5, 5.41) is 0. The van der Waals surface area contributed by atoms with E-state index in [0.717, 1.165) is 5.75 Å². The molecule has 0 bridgehead atoms. The van der Waals surface area contributed by atoms with Gasteiger partial charge in [0, 0.05) is 5.75 Å². The molecule has 0 aliphatic rings. The average Bonchev–Trinajstić information content (AvgIpc) is 1.81. The Bertz CT molecular complexity index is 51.5. The van der Waals surface area contributed by atoms with Gasteiger partial charge in [-0.2, -0.15) is 0 Å². The highest BCUT2D eigenvalue weighted by atomic mass is 33.1. The molecule has 0 amide bonds. The van der Waals surface area contributed by atoms with Gasteiger partial charge >= 0.3 is 0 Å². The van der Waals surface area contributed by atoms with Crippen molar-refractivity contribution in [3.8, 4) is 0 Å². The molecule has 0 nitrogen and oxygen atoms in total. The SMILES string of the molecule is CCCC=CCSS. The van der Waals surface area contributed by atoms with Crippen LogP contribution in [0.4, 0.5) is 0 Å². The second-order valence-electron chi connectivity index (χ2n) is 1.56. The van der Waals surface area contributed by atoms with E-state index < -0.39 is 0 Å². The van der Waals surface area contributed by atoms with E-state index in [1.54, 1.807) is 10.8 Å². The molecule has 0 rings (SSSR count). The van der Waals surface area contributed by atoms with Crippen molar-refractivity contribution < 1.29 is 0 Å². The van der Waals surface area contributed by atoms with Gasteiger partial charge in [0.25, 0.3) is 0 Å². The van der Waals surface area contributed by atoms with E-state index in [1.165, 1.54) is 12.8 Å². The molecule has 0 atom stereocenters. The molecule has 48 valence electrons. The zero-order valence-electron chi connectivity index (χ0n) is 5.13. The van der Waals surface area contributed by atoms with Crippen LogP contribution in [0.3, 0.4) is 0 Å². The van der Waals surface area contributed by atoms with Crippen molar-refractivity contribution in [1.82, 2.24) is 0 Å². The van der Waals surface area contributed by atoms with Crippen LogP contribution in [0, 0.1) is 0 Å². The van der Waals surface area contributed by atoms with Crippen molar-refractivity contribution in [1.29, 1.82) is 0 Å². The van der Waals surface area contributed by atoms with Crippen LogP contribution in [0.2, 0.25) is 0 Å². The third-order valence-corrected chi connectivity index (χ3v) is 1.58. The molecule has 0 radical (unpaired) electrons. The predicted molar refractivity (Wildman–Crippen MR) is 45.5 cm³/mol. The van der Waals surface area contributed by atoms with Gasteiger partial charge < -0.3 is 0 Å². The maximum absolute atomic E-state index is 3.99. The molecule has 2 heteroatoms. The number of unbranched alkanes of at least 4 members (excludes halogenated alkanes) is 1. The van der Waals surface area contributed by atoms with E-state index in [-0.39, 0.29) is 0 Å². The topological polar surface area (TPSA) is 0 Å². The highest BCUT2D eigenvalue weighted by Gasteiger charge is 1.72. The van der Waals surface area contributed by atoms with Gasteiger partial charge in [0.1, 0.15) is 0 Å². The fourth-order valence-corrected chi connectivity index (χ4v) is 0.876. The molecule has 0 aliphatic carbocycles. The van der Waals surface area contributed by atoms with Crippen molar-refractivity contribution in [3.05, 3.63) is 12.2 Å². The molecule has 0 fully saturated rings. The van der Waals surface area contributed by atoms with Crippen LogP contribution in [-0.4, -0.2) is 5.75 Å². The molecule has 0 aromatic heterocycles. The van der Waals surface area contributed by atoms with Gasteiger partial charge in [0.15, 0.2) is 0 Å². The third kappa shape index (κ3) is 6.44. The van der Waals surface area contributed by atoms with Crippen LogP contribution >= 0.6 is 22.5 Å². The lowest BCUT2D eigenvalue weighted by molar-refractivity contribution is 0.957. The summed E-state index contributed by atoms with van der Waals surface area (Å²) in [6, 6.07) is 0. The van der Waals surface area contributed by atoms with E-state index in [2.05, 4.69) is 30.7 Å². The van der Waals surface area contributed by atoms with Crippen LogP contribution in [0.1, 0.15) is 19.8 Å². The Morgan fingerprint density at radius 2 is 2.25 bits per heavy atom. The van der Waals surface area contributed by atoms with Crippen molar-refractivity contribution in [3.63, 3.8) is 0 Å². The molecule has 0 heterocycles. The normalized spacial score (nSPS) is 10.8. The van der Waals surface area contributed by atoms with Gasteiger partial charge in [0.05, 0.1) is 0 Å². The summed E-state index contributed by atoms with van der Waals surface area (Å²) in [5.41, 5.74) is 0. The molecular formula is C6H12S2. The predicted octanol–water partition coefficient (Wildman–Crippen LogP) is 2.92. The van der Waals surface area contributed by atoms with Crippen molar-refractivity contribution in [2.45, 2.75) is 19.8 Å². The van der Waals surface area contributed by atoms with Gasteiger partial charge in [-0.15, -0.1) is 11.7 Å². The van der Waals surface area contributed by atoms with E-state index in [1.807, 2.05) is 0 Å². The lowest BCUT2D eigenvalue weighted by atomic mass is 10.3. The molecular weight excluding hydrogens is 136 g/mol. The van der Waals surface area contributed by atoms with Gasteiger partial charge in [-0.1, -0.05) is 36.3 Å². The Morgan fingerprint density at radius 3 is 2.75 bits per heavy atom. The fraction of sp³-hybridized carbons (Fsp3) is 0.667. The molecule has 0 aliphatic heterocycles. The highest BCUT2D eigenvalue weighted by molar-refractivity contribution is 8.68. The summed E-state index contributed by atoms with van der Waals surface area (Å²) >= 11 is 3.99. The Balaban J connectivity index is 2.83. The number of hydrogen-bond donors (Lipinski definition) is 1. The zero-order valence-corrected chi connectivity index (χ0v) is 6.84. The van der Waals surface area contributed by atoms with Gasteiger partial charge in [-0.05, 0) is 6.42 Å². The maximum Gasteiger partial charge on any atom is 0.0215 e. The summed E-state index contributed by atoms with van der Waals surface area (Å²) in [4.78, 5) is 0. The van der Waals surface area contributed by atoms with Crippen molar-refractivity contribution in [2.24, 2.45) is 0 Å². The van der Waals surface area contributed by atoms with Crippen LogP contribution < -0.4 is 0 Å². The van der Waals surface area contributed by atoms with E-state index in [0.29, 0.717) is 0 Å². The number of rotatable bonds is 4. The first kappa shape index (κ1) is 8.44. The smallest absolute Gasteiger partial charge is 0.0215 e. The van der Waals surface area contributed by atoms with E-state index >= 15 is 0 Å². The van der Waals surface area contributed by atoms with E-state index in [9.17, 15) is 0 Å². The number of allylic oxidation sites excluding steroid dienone is 1. The maximum atomic E-state index is 3.99. The van der Waals surface area contributed by atoms with Gasteiger partial charge in [-0.25, -0.2) is 0 Å². The summed E-state index contributed by atoms with van der Waals surface area (Å²) in [5.74, 6) is 1.03. The Labute approximate surface area is 60.6 Å². The standard InChI is InChI=1S/C6H12S2/c1-2-3-4-5-6-8-7/h4-5,7H,2-3,6H2,1H3. The fourth-order valence-electron chi connectivity index (χ4n) is 0.396. The second kappa shape index (κ2) is 7.44. The van der Waals surface area contributed by atoms with Crippen LogP contribution in [0.15, 0.2) is 12.2 Å². The highest BCUT2D eigenvalue weighted by Crippen LogP contribution is 2.04. The second-order valence-corrected chi connectivity index (χ2v) is 2.92. The first-order valence-electron chi connectivity index (χ1n) is 2.83.